The van der Waals surface area contributed by atoms with Crippen molar-refractivity contribution in [3.05, 3.63) is 24.0 Å². The lowest BCUT2D eigenvalue weighted by Gasteiger charge is -2.25. The van der Waals surface area contributed by atoms with Gasteiger partial charge < -0.3 is 9.84 Å². The smallest absolute Gasteiger partial charge is 0.310 e. The third kappa shape index (κ3) is 2.38. The predicted octanol–water partition coefficient (Wildman–Crippen LogP) is 3.13. The second kappa shape index (κ2) is 4.94. The van der Waals surface area contributed by atoms with Crippen LogP contribution in [-0.4, -0.2) is 17.7 Å². The van der Waals surface area contributed by atoms with Crippen LogP contribution in [0.15, 0.2) is 24.0 Å². The summed E-state index contributed by atoms with van der Waals surface area (Å²) < 4.78 is 4.89. The van der Waals surface area contributed by atoms with Gasteiger partial charge in [-0.1, -0.05) is 18.6 Å². The fourth-order valence-corrected chi connectivity index (χ4v) is 2.88. The van der Waals surface area contributed by atoms with Gasteiger partial charge in [-0.2, -0.15) is 0 Å². The third-order valence-electron chi connectivity index (χ3n) is 4.04. The molecule has 2 bridgehead atoms. The number of carboxylic acid groups (broad SMARTS) is 1. The predicted molar refractivity (Wildman–Crippen MR) is 65.5 cm³/mol. The van der Waals surface area contributed by atoms with Gasteiger partial charge in [-0.3, -0.25) is 4.79 Å². The van der Waals surface area contributed by atoms with E-state index >= 15 is 0 Å². The Morgan fingerprint density at radius 3 is 2.65 bits per heavy atom. The van der Waals surface area contributed by atoms with E-state index < -0.39 is 11.4 Å². The van der Waals surface area contributed by atoms with Crippen molar-refractivity contribution < 1.29 is 14.6 Å². The van der Waals surface area contributed by atoms with Crippen molar-refractivity contribution >= 4 is 5.97 Å². The molecule has 17 heavy (non-hydrogen) atoms. The maximum absolute atomic E-state index is 11.0. The molecule has 0 aromatic heterocycles. The van der Waals surface area contributed by atoms with Gasteiger partial charge in [0.1, 0.15) is 0 Å². The fraction of sp³-hybridized carbons (Fsp3) is 0.643. The van der Waals surface area contributed by atoms with Crippen LogP contribution in [0.5, 0.6) is 0 Å². The van der Waals surface area contributed by atoms with Crippen molar-refractivity contribution in [2.45, 2.75) is 39.0 Å². The lowest BCUT2D eigenvalue weighted by atomic mass is 9.77. The number of carbonyl (C=O) groups is 1. The Labute approximate surface area is 102 Å². The van der Waals surface area contributed by atoms with E-state index in [1.807, 2.05) is 13.0 Å². The minimum absolute atomic E-state index is 0.253. The first kappa shape index (κ1) is 12.2. The van der Waals surface area contributed by atoms with Gasteiger partial charge in [-0.25, -0.2) is 0 Å². The maximum atomic E-state index is 11.0. The van der Waals surface area contributed by atoms with Crippen LogP contribution in [0, 0.1) is 11.3 Å². The summed E-state index contributed by atoms with van der Waals surface area (Å²) in [5.74, 6) is -0.350. The van der Waals surface area contributed by atoms with Gasteiger partial charge in [0, 0.05) is 0 Å². The highest BCUT2D eigenvalue weighted by atomic mass is 16.5. The second-order valence-electron chi connectivity index (χ2n) is 5.14. The molecule has 1 aliphatic heterocycles. The van der Waals surface area contributed by atoms with Crippen LogP contribution >= 0.6 is 0 Å². The van der Waals surface area contributed by atoms with Gasteiger partial charge in [0.15, 0.2) is 0 Å². The first-order valence-corrected chi connectivity index (χ1v) is 6.35. The molecule has 3 heteroatoms. The molecule has 1 saturated carbocycles. The highest BCUT2D eigenvalue weighted by molar-refractivity contribution is 5.77. The van der Waals surface area contributed by atoms with Crippen LogP contribution in [0.1, 0.15) is 39.0 Å². The molecular weight excluding hydrogens is 216 g/mol. The van der Waals surface area contributed by atoms with Crippen LogP contribution in [-0.2, 0) is 9.53 Å². The molecule has 0 aromatic carbocycles. The number of rotatable bonds is 1. The summed E-state index contributed by atoms with van der Waals surface area (Å²) in [6.07, 6.45) is 11.0. The third-order valence-corrected chi connectivity index (χ3v) is 4.04. The zero-order chi connectivity index (χ0) is 12.3. The molecule has 94 valence electrons. The van der Waals surface area contributed by atoms with Crippen molar-refractivity contribution in [1.82, 2.24) is 0 Å². The maximum Gasteiger partial charge on any atom is 0.310 e. The van der Waals surface area contributed by atoms with Crippen LogP contribution in [0.4, 0.5) is 0 Å². The van der Waals surface area contributed by atoms with Gasteiger partial charge in [0.2, 0.25) is 0 Å². The van der Waals surface area contributed by atoms with E-state index in [0.717, 1.165) is 25.9 Å². The summed E-state index contributed by atoms with van der Waals surface area (Å²) in [7, 11) is 0. The van der Waals surface area contributed by atoms with Gasteiger partial charge in [0.25, 0.3) is 0 Å². The molecule has 0 spiro atoms. The number of hydrogen-bond acceptors (Lipinski definition) is 2. The normalized spacial score (nSPS) is 33.5. The molecule has 0 radical (unpaired) electrons. The van der Waals surface area contributed by atoms with Gasteiger partial charge in [-0.15, -0.1) is 0 Å². The van der Waals surface area contributed by atoms with Crippen molar-refractivity contribution in [1.29, 1.82) is 0 Å². The number of allylic oxidation sites excluding steroid dienone is 3. The van der Waals surface area contributed by atoms with Crippen molar-refractivity contribution in [3.8, 4) is 0 Å². The summed E-state index contributed by atoms with van der Waals surface area (Å²) in [6.45, 7) is 2.93. The molecule has 3 aliphatic rings. The Balaban J connectivity index is 0.000000153. The summed E-state index contributed by atoms with van der Waals surface area (Å²) in [5, 5.41) is 9.03. The summed E-state index contributed by atoms with van der Waals surface area (Å²) in [4.78, 5) is 11.0. The Hall–Kier alpha value is -1.25. The number of hydrogen-bond donors (Lipinski definition) is 1. The Morgan fingerprint density at radius 2 is 2.41 bits per heavy atom. The van der Waals surface area contributed by atoms with Gasteiger partial charge in [0.05, 0.1) is 18.3 Å². The van der Waals surface area contributed by atoms with E-state index in [-0.39, 0.29) is 5.92 Å². The minimum Gasteiger partial charge on any atom is -0.502 e. The Kier molecular flexibility index (Phi) is 3.55. The molecular formula is C14H20O3. The lowest BCUT2D eigenvalue weighted by molar-refractivity contribution is -0.150. The quantitative estimate of drug-likeness (QED) is 0.711. The monoisotopic (exact) mass is 236 g/mol. The van der Waals surface area contributed by atoms with Crippen LogP contribution in [0.25, 0.3) is 0 Å². The molecule has 0 amide bonds. The average molecular weight is 236 g/mol. The Morgan fingerprint density at radius 1 is 1.59 bits per heavy atom. The van der Waals surface area contributed by atoms with Crippen molar-refractivity contribution in [2.75, 3.05) is 6.61 Å². The molecule has 0 aromatic rings. The second-order valence-corrected chi connectivity index (χ2v) is 5.14. The van der Waals surface area contributed by atoms with Crippen LogP contribution in [0.3, 0.4) is 0 Å². The van der Waals surface area contributed by atoms with E-state index in [4.69, 9.17) is 9.84 Å². The van der Waals surface area contributed by atoms with E-state index in [9.17, 15) is 4.79 Å². The van der Waals surface area contributed by atoms with Gasteiger partial charge in [-0.05, 0) is 44.1 Å². The summed E-state index contributed by atoms with van der Waals surface area (Å²) in [6, 6.07) is 0. The average Bonchev–Trinajstić information content (AvgIpc) is 2.90. The zero-order valence-corrected chi connectivity index (χ0v) is 10.3. The molecule has 0 saturated heterocycles. The van der Waals surface area contributed by atoms with Crippen molar-refractivity contribution in [3.63, 3.8) is 0 Å². The number of fused-ring (bicyclic) bond motifs is 2. The van der Waals surface area contributed by atoms with Gasteiger partial charge >= 0.3 is 5.97 Å². The van der Waals surface area contributed by atoms with E-state index in [0.29, 0.717) is 0 Å². The topological polar surface area (TPSA) is 46.5 Å². The largest absolute Gasteiger partial charge is 0.502 e. The molecule has 2 aliphatic carbocycles. The molecule has 3 rings (SSSR count). The molecule has 1 heterocycles. The van der Waals surface area contributed by atoms with E-state index in [1.54, 1.807) is 6.26 Å². The molecule has 3 nitrogen and oxygen atoms in total. The number of aliphatic carboxylic acids is 1. The standard InChI is InChI=1S/C9H12O2.C5H8O/c1-6-4-7-2-3-9(6,5-7)8(10)11;1-2-4-6-5-3-1/h4,6H,2-3,5H2,1H3,(H,10,11);2,4H,1,3,5H2. The van der Waals surface area contributed by atoms with E-state index in [1.165, 1.54) is 18.4 Å². The first-order chi connectivity index (χ1) is 8.15. The Bertz CT molecular complexity index is 348. The molecule has 1 fully saturated rings. The number of carboxylic acids is 1. The highest BCUT2D eigenvalue weighted by Gasteiger charge is 2.50. The molecule has 2 atom stereocenters. The van der Waals surface area contributed by atoms with Crippen LogP contribution in [0.2, 0.25) is 0 Å². The lowest BCUT2D eigenvalue weighted by Crippen LogP contribution is -2.32. The highest BCUT2D eigenvalue weighted by Crippen LogP contribution is 2.53. The zero-order valence-electron chi connectivity index (χ0n) is 10.3. The summed E-state index contributed by atoms with van der Waals surface area (Å²) in [5.41, 5.74) is 0.954. The molecule has 1 N–H and O–H groups in total. The first-order valence-electron chi connectivity index (χ1n) is 6.35. The number of ether oxygens (including phenoxy) is 1. The summed E-state index contributed by atoms with van der Waals surface area (Å²) >= 11 is 0. The van der Waals surface area contributed by atoms with Crippen LogP contribution < -0.4 is 0 Å². The molecule has 2 unspecified atom stereocenters. The van der Waals surface area contributed by atoms with Crippen molar-refractivity contribution in [2.24, 2.45) is 11.3 Å². The minimum atomic E-state index is -0.603. The SMILES string of the molecule is C1=COCCC1.CC1C=C2CCC1(C(=O)O)C2. The fourth-order valence-electron chi connectivity index (χ4n) is 2.88. The van der Waals surface area contributed by atoms with E-state index in [2.05, 4.69) is 6.08 Å².